The first-order valence-corrected chi connectivity index (χ1v) is 7.12. The molecule has 2 aromatic rings. The van der Waals surface area contributed by atoms with E-state index in [1.807, 2.05) is 19.1 Å². The van der Waals surface area contributed by atoms with E-state index < -0.39 is 5.97 Å². The molecule has 2 heterocycles. The van der Waals surface area contributed by atoms with Gasteiger partial charge in [0.05, 0.1) is 5.56 Å². The fourth-order valence-electron chi connectivity index (χ4n) is 2.69. The molecule has 1 aromatic carbocycles. The van der Waals surface area contributed by atoms with Crippen LogP contribution in [0.3, 0.4) is 0 Å². The smallest absolute Gasteiger partial charge is 0.336 e. The van der Waals surface area contributed by atoms with E-state index in [-0.39, 0.29) is 18.0 Å². The van der Waals surface area contributed by atoms with Gasteiger partial charge in [0.2, 0.25) is 0 Å². The Morgan fingerprint density at radius 1 is 1.18 bits per heavy atom. The number of carbonyl (C=O) groups excluding carboxylic acids is 1. The van der Waals surface area contributed by atoms with E-state index in [0.29, 0.717) is 24.1 Å². The van der Waals surface area contributed by atoms with Crippen LogP contribution in [0.2, 0.25) is 0 Å². The van der Waals surface area contributed by atoms with Crippen molar-refractivity contribution >= 4 is 11.9 Å². The highest BCUT2D eigenvalue weighted by Gasteiger charge is 2.26. The molecule has 0 unspecified atom stereocenters. The number of nitrogens with zero attached hydrogens (tertiary/aromatic N) is 2. The maximum absolute atomic E-state index is 12.6. The first-order valence-electron chi connectivity index (χ1n) is 7.12. The SMILES string of the molecule is Cc1ccc(C(=O)N2CCc3nccc(C(=O)O)c3C2)cc1. The van der Waals surface area contributed by atoms with E-state index in [0.717, 1.165) is 11.3 Å². The molecule has 0 fully saturated rings. The van der Waals surface area contributed by atoms with E-state index in [4.69, 9.17) is 0 Å². The average Bonchev–Trinajstić information content (AvgIpc) is 2.53. The van der Waals surface area contributed by atoms with Gasteiger partial charge >= 0.3 is 5.97 Å². The zero-order chi connectivity index (χ0) is 15.7. The Bertz CT molecular complexity index is 738. The zero-order valence-electron chi connectivity index (χ0n) is 12.2. The van der Waals surface area contributed by atoms with Crippen molar-refractivity contribution in [1.29, 1.82) is 0 Å². The molecule has 0 bridgehead atoms. The summed E-state index contributed by atoms with van der Waals surface area (Å²) < 4.78 is 0. The van der Waals surface area contributed by atoms with Crippen LogP contribution in [0.25, 0.3) is 0 Å². The van der Waals surface area contributed by atoms with Crippen molar-refractivity contribution in [3.05, 3.63) is 64.5 Å². The highest BCUT2D eigenvalue weighted by molar-refractivity contribution is 5.95. The summed E-state index contributed by atoms with van der Waals surface area (Å²) in [6, 6.07) is 8.88. The van der Waals surface area contributed by atoms with Crippen molar-refractivity contribution in [2.45, 2.75) is 19.9 Å². The van der Waals surface area contributed by atoms with Crippen molar-refractivity contribution < 1.29 is 14.7 Å². The molecule has 22 heavy (non-hydrogen) atoms. The zero-order valence-corrected chi connectivity index (χ0v) is 12.2. The van der Waals surface area contributed by atoms with Gasteiger partial charge in [-0.05, 0) is 25.1 Å². The van der Waals surface area contributed by atoms with Crippen LogP contribution in [0.4, 0.5) is 0 Å². The van der Waals surface area contributed by atoms with E-state index in [1.54, 1.807) is 17.0 Å². The van der Waals surface area contributed by atoms with Crippen molar-refractivity contribution in [3.8, 4) is 0 Å². The van der Waals surface area contributed by atoms with Gasteiger partial charge in [0.25, 0.3) is 5.91 Å². The summed E-state index contributed by atoms with van der Waals surface area (Å²) in [5.41, 5.74) is 3.36. The molecule has 1 aromatic heterocycles. The third-order valence-corrected chi connectivity index (χ3v) is 3.93. The van der Waals surface area contributed by atoms with Crippen LogP contribution in [0.15, 0.2) is 36.5 Å². The van der Waals surface area contributed by atoms with Crippen LogP contribution < -0.4 is 0 Å². The van der Waals surface area contributed by atoms with Gasteiger partial charge in [0.1, 0.15) is 0 Å². The Morgan fingerprint density at radius 2 is 1.91 bits per heavy atom. The van der Waals surface area contributed by atoms with Gasteiger partial charge < -0.3 is 10.0 Å². The molecule has 0 spiro atoms. The highest BCUT2D eigenvalue weighted by atomic mass is 16.4. The van der Waals surface area contributed by atoms with Crippen molar-refractivity contribution in [3.63, 3.8) is 0 Å². The van der Waals surface area contributed by atoms with Gasteiger partial charge in [-0.2, -0.15) is 0 Å². The first-order chi connectivity index (χ1) is 10.6. The molecule has 1 N–H and O–H groups in total. The summed E-state index contributed by atoms with van der Waals surface area (Å²) in [5, 5.41) is 9.28. The molecule has 0 saturated carbocycles. The second-order valence-electron chi connectivity index (χ2n) is 5.43. The number of aromatic carboxylic acids is 1. The minimum Gasteiger partial charge on any atom is -0.478 e. The molecule has 0 atom stereocenters. The van der Waals surface area contributed by atoms with Crippen LogP contribution in [0.1, 0.15) is 37.5 Å². The molecule has 0 radical (unpaired) electrons. The van der Waals surface area contributed by atoms with Crippen molar-refractivity contribution in [2.75, 3.05) is 6.54 Å². The number of carboxylic acid groups (broad SMARTS) is 1. The minimum atomic E-state index is -0.983. The lowest BCUT2D eigenvalue weighted by Crippen LogP contribution is -2.37. The van der Waals surface area contributed by atoms with Crippen molar-refractivity contribution in [2.24, 2.45) is 0 Å². The van der Waals surface area contributed by atoms with E-state index >= 15 is 0 Å². The Kier molecular flexibility index (Phi) is 3.63. The number of carbonyl (C=O) groups is 2. The number of hydrogen-bond donors (Lipinski definition) is 1. The quantitative estimate of drug-likeness (QED) is 0.923. The molecule has 1 amide bonds. The Morgan fingerprint density at radius 3 is 2.59 bits per heavy atom. The van der Waals surface area contributed by atoms with Crippen LogP contribution in [-0.2, 0) is 13.0 Å². The highest BCUT2D eigenvalue weighted by Crippen LogP contribution is 2.22. The monoisotopic (exact) mass is 296 g/mol. The minimum absolute atomic E-state index is 0.0779. The second-order valence-corrected chi connectivity index (χ2v) is 5.43. The average molecular weight is 296 g/mol. The largest absolute Gasteiger partial charge is 0.478 e. The fourth-order valence-corrected chi connectivity index (χ4v) is 2.69. The van der Waals surface area contributed by atoms with Gasteiger partial charge in [-0.3, -0.25) is 9.78 Å². The molecule has 5 heteroatoms. The van der Waals surface area contributed by atoms with Crippen LogP contribution in [0.5, 0.6) is 0 Å². The number of fused-ring (bicyclic) bond motifs is 1. The summed E-state index contributed by atoms with van der Waals surface area (Å²) in [7, 11) is 0. The summed E-state index contributed by atoms with van der Waals surface area (Å²) in [6.45, 7) is 2.81. The van der Waals surface area contributed by atoms with Crippen LogP contribution >= 0.6 is 0 Å². The van der Waals surface area contributed by atoms with Crippen LogP contribution in [-0.4, -0.2) is 33.4 Å². The number of amides is 1. The molecule has 0 aliphatic carbocycles. The molecule has 1 aliphatic rings. The molecule has 0 saturated heterocycles. The fraction of sp³-hybridized carbons (Fsp3) is 0.235. The third-order valence-electron chi connectivity index (χ3n) is 3.93. The van der Waals surface area contributed by atoms with Gasteiger partial charge in [-0.1, -0.05) is 17.7 Å². The Balaban J connectivity index is 1.89. The Labute approximate surface area is 128 Å². The molecular formula is C17H16N2O3. The second kappa shape index (κ2) is 5.60. The summed E-state index contributed by atoms with van der Waals surface area (Å²) in [5.74, 6) is -1.06. The molecule has 1 aliphatic heterocycles. The predicted octanol–water partition coefficient (Wildman–Crippen LogP) is 2.29. The van der Waals surface area contributed by atoms with E-state index in [9.17, 15) is 14.7 Å². The van der Waals surface area contributed by atoms with Gasteiger partial charge in [-0.25, -0.2) is 4.79 Å². The maximum atomic E-state index is 12.6. The topological polar surface area (TPSA) is 70.5 Å². The number of hydrogen-bond acceptors (Lipinski definition) is 3. The summed E-state index contributed by atoms with van der Waals surface area (Å²) >= 11 is 0. The third kappa shape index (κ3) is 2.57. The standard InChI is InChI=1S/C17H16N2O3/c1-11-2-4-12(5-3-11)16(20)19-9-7-15-14(10-19)13(17(21)22)6-8-18-15/h2-6,8H,7,9-10H2,1H3,(H,21,22). The number of rotatable bonds is 2. The lowest BCUT2D eigenvalue weighted by atomic mass is 9.99. The lowest BCUT2D eigenvalue weighted by molar-refractivity contribution is 0.0676. The summed E-state index contributed by atoms with van der Waals surface area (Å²) in [6.07, 6.45) is 2.09. The molecule has 5 nitrogen and oxygen atoms in total. The first kappa shape index (κ1) is 14.3. The normalized spacial score (nSPS) is 13.6. The number of pyridine rings is 1. The predicted molar refractivity (Wildman–Crippen MR) is 80.8 cm³/mol. The number of benzene rings is 1. The summed E-state index contributed by atoms with van der Waals surface area (Å²) in [4.78, 5) is 29.8. The lowest BCUT2D eigenvalue weighted by Gasteiger charge is -2.29. The van der Waals surface area contributed by atoms with E-state index in [2.05, 4.69) is 4.98 Å². The molecule has 3 rings (SSSR count). The maximum Gasteiger partial charge on any atom is 0.336 e. The molecule has 112 valence electrons. The Hall–Kier alpha value is -2.69. The van der Waals surface area contributed by atoms with Crippen LogP contribution in [0, 0.1) is 6.92 Å². The number of carboxylic acids is 1. The van der Waals surface area contributed by atoms with Gasteiger partial charge in [0, 0.05) is 42.5 Å². The number of aryl methyl sites for hydroxylation is 1. The van der Waals surface area contributed by atoms with E-state index in [1.165, 1.54) is 12.3 Å². The van der Waals surface area contributed by atoms with Gasteiger partial charge in [-0.15, -0.1) is 0 Å². The van der Waals surface area contributed by atoms with Gasteiger partial charge in [0.15, 0.2) is 0 Å². The van der Waals surface area contributed by atoms with Crippen molar-refractivity contribution in [1.82, 2.24) is 9.88 Å². The molecular weight excluding hydrogens is 280 g/mol. The number of aromatic nitrogens is 1.